The molecule has 1 atom stereocenters. The maximum Gasteiger partial charge on any atom is 0.215 e. The van der Waals surface area contributed by atoms with Gasteiger partial charge in [-0.15, -0.1) is 0 Å². The number of nitrogens with zero attached hydrogens (tertiary/aromatic N) is 1. The van der Waals surface area contributed by atoms with Gasteiger partial charge in [0.15, 0.2) is 0 Å². The summed E-state index contributed by atoms with van der Waals surface area (Å²) in [7, 11) is -3.36. The van der Waals surface area contributed by atoms with Crippen LogP contribution in [0.25, 0.3) is 0 Å². The third-order valence-corrected chi connectivity index (χ3v) is 6.97. The highest BCUT2D eigenvalue weighted by Gasteiger charge is 2.24. The minimum absolute atomic E-state index is 0.0328. The molecule has 1 N–H and O–H groups in total. The van der Waals surface area contributed by atoms with E-state index in [0.717, 1.165) is 24.2 Å². The summed E-state index contributed by atoms with van der Waals surface area (Å²) in [6.07, 6.45) is 4.92. The molecule has 4 nitrogen and oxygen atoms in total. The molecule has 0 radical (unpaired) electrons. The lowest BCUT2D eigenvalue weighted by atomic mass is 10.1. The second kappa shape index (κ2) is 9.13. The standard InChI is InChI=1S/C20H28N2O2S2/c1-17-7-6-8-18(13-17)16-26(23,24)21-14-20(19-9-12-25-15-19)22-10-4-2-3-5-11-22/h6-9,12-13,15,20-21H,2-5,10-11,14,16H2,1H3. The van der Waals surface area contributed by atoms with Gasteiger partial charge in [0.2, 0.25) is 10.0 Å². The maximum atomic E-state index is 12.6. The van der Waals surface area contributed by atoms with Gasteiger partial charge in [0.05, 0.1) is 5.75 Å². The van der Waals surface area contributed by atoms with Gasteiger partial charge in [-0.05, 0) is 60.8 Å². The quantitative estimate of drug-likeness (QED) is 0.772. The summed E-state index contributed by atoms with van der Waals surface area (Å²) in [6.45, 7) is 4.50. The lowest BCUT2D eigenvalue weighted by Gasteiger charge is -2.30. The van der Waals surface area contributed by atoms with Gasteiger partial charge in [-0.25, -0.2) is 13.1 Å². The number of sulfonamides is 1. The van der Waals surface area contributed by atoms with Crippen LogP contribution in [0.2, 0.25) is 0 Å². The zero-order valence-corrected chi connectivity index (χ0v) is 17.0. The zero-order valence-electron chi connectivity index (χ0n) is 15.4. The number of aryl methyl sites for hydroxylation is 1. The lowest BCUT2D eigenvalue weighted by Crippen LogP contribution is -2.38. The van der Waals surface area contributed by atoms with Gasteiger partial charge >= 0.3 is 0 Å². The van der Waals surface area contributed by atoms with E-state index < -0.39 is 10.0 Å². The van der Waals surface area contributed by atoms with Crippen LogP contribution in [0.4, 0.5) is 0 Å². The molecule has 0 saturated carbocycles. The summed E-state index contributed by atoms with van der Waals surface area (Å²) in [5.41, 5.74) is 3.13. The molecule has 1 aromatic heterocycles. The van der Waals surface area contributed by atoms with E-state index in [1.165, 1.54) is 31.2 Å². The first kappa shape index (κ1) is 19.5. The zero-order chi connectivity index (χ0) is 18.4. The summed E-state index contributed by atoms with van der Waals surface area (Å²) in [5, 5.41) is 4.21. The molecule has 3 rings (SSSR count). The fourth-order valence-corrected chi connectivity index (χ4v) is 5.45. The van der Waals surface area contributed by atoms with Crippen molar-refractivity contribution < 1.29 is 8.42 Å². The lowest BCUT2D eigenvalue weighted by molar-refractivity contribution is 0.206. The summed E-state index contributed by atoms with van der Waals surface area (Å²) in [4.78, 5) is 2.45. The van der Waals surface area contributed by atoms with Gasteiger partial charge in [-0.2, -0.15) is 11.3 Å². The number of rotatable bonds is 7. The molecule has 1 fully saturated rings. The van der Waals surface area contributed by atoms with Crippen molar-refractivity contribution in [1.29, 1.82) is 0 Å². The molecule has 0 aliphatic carbocycles. The average molecular weight is 393 g/mol. The molecule has 1 saturated heterocycles. The first-order valence-electron chi connectivity index (χ1n) is 9.32. The average Bonchev–Trinajstić information content (AvgIpc) is 2.98. The Morgan fingerprint density at radius 1 is 1.15 bits per heavy atom. The van der Waals surface area contributed by atoms with Crippen LogP contribution in [0.1, 0.15) is 48.4 Å². The van der Waals surface area contributed by atoms with Crippen LogP contribution in [-0.4, -0.2) is 33.0 Å². The molecule has 1 aliphatic heterocycles. The smallest absolute Gasteiger partial charge is 0.215 e. The number of thiophene rings is 1. The van der Waals surface area contributed by atoms with Gasteiger partial charge in [-0.1, -0.05) is 42.7 Å². The Morgan fingerprint density at radius 2 is 1.92 bits per heavy atom. The highest BCUT2D eigenvalue weighted by atomic mass is 32.2. The number of hydrogen-bond acceptors (Lipinski definition) is 4. The molecule has 142 valence electrons. The van der Waals surface area contributed by atoms with Crippen molar-refractivity contribution in [2.75, 3.05) is 19.6 Å². The van der Waals surface area contributed by atoms with Crippen molar-refractivity contribution in [3.05, 3.63) is 57.8 Å². The molecule has 1 aliphatic rings. The topological polar surface area (TPSA) is 49.4 Å². The van der Waals surface area contributed by atoms with Crippen molar-refractivity contribution in [2.45, 2.75) is 44.4 Å². The molecular weight excluding hydrogens is 364 g/mol. The van der Waals surface area contributed by atoms with Crippen LogP contribution >= 0.6 is 11.3 Å². The molecule has 0 amide bonds. The molecule has 2 heterocycles. The van der Waals surface area contributed by atoms with Gasteiger partial charge in [0, 0.05) is 12.6 Å². The molecule has 1 unspecified atom stereocenters. The van der Waals surface area contributed by atoms with Crippen LogP contribution in [0.5, 0.6) is 0 Å². The predicted molar refractivity (Wildman–Crippen MR) is 109 cm³/mol. The second-order valence-corrected chi connectivity index (χ2v) is 9.71. The van der Waals surface area contributed by atoms with E-state index in [1.807, 2.05) is 31.2 Å². The highest BCUT2D eigenvalue weighted by Crippen LogP contribution is 2.26. The SMILES string of the molecule is Cc1cccc(CS(=O)(=O)NCC(c2ccsc2)N2CCCCCC2)c1. The van der Waals surface area contributed by atoms with Gasteiger partial charge in [-0.3, -0.25) is 4.90 Å². The van der Waals surface area contributed by atoms with E-state index >= 15 is 0 Å². The summed E-state index contributed by atoms with van der Waals surface area (Å²) < 4.78 is 28.1. The predicted octanol–water partition coefficient (Wildman–Crippen LogP) is 4.09. The summed E-state index contributed by atoms with van der Waals surface area (Å²) >= 11 is 1.67. The molecule has 26 heavy (non-hydrogen) atoms. The largest absolute Gasteiger partial charge is 0.295 e. The van der Waals surface area contributed by atoms with Crippen molar-refractivity contribution >= 4 is 21.4 Å². The molecule has 0 spiro atoms. The minimum atomic E-state index is -3.36. The molecule has 1 aromatic carbocycles. The Hall–Kier alpha value is -1.21. The van der Waals surface area contributed by atoms with Crippen molar-refractivity contribution in [1.82, 2.24) is 9.62 Å². The Bertz CT molecular complexity index is 780. The first-order chi connectivity index (χ1) is 12.5. The van der Waals surface area contributed by atoms with E-state index in [2.05, 4.69) is 26.4 Å². The van der Waals surface area contributed by atoms with Crippen LogP contribution in [-0.2, 0) is 15.8 Å². The third-order valence-electron chi connectivity index (χ3n) is 4.95. The van der Waals surface area contributed by atoms with Crippen LogP contribution in [0.3, 0.4) is 0 Å². The highest BCUT2D eigenvalue weighted by molar-refractivity contribution is 7.88. The minimum Gasteiger partial charge on any atom is -0.295 e. The number of likely N-dealkylation sites (tertiary alicyclic amines) is 1. The van der Waals surface area contributed by atoms with Crippen LogP contribution in [0, 0.1) is 6.92 Å². The van der Waals surface area contributed by atoms with E-state index in [-0.39, 0.29) is 11.8 Å². The Morgan fingerprint density at radius 3 is 2.58 bits per heavy atom. The van der Waals surface area contributed by atoms with E-state index in [1.54, 1.807) is 11.3 Å². The Balaban J connectivity index is 1.68. The van der Waals surface area contributed by atoms with Crippen molar-refractivity contribution in [3.63, 3.8) is 0 Å². The van der Waals surface area contributed by atoms with E-state index in [0.29, 0.717) is 6.54 Å². The third kappa shape index (κ3) is 5.64. The van der Waals surface area contributed by atoms with Crippen LogP contribution in [0.15, 0.2) is 41.1 Å². The van der Waals surface area contributed by atoms with Gasteiger partial charge in [0.1, 0.15) is 0 Å². The van der Waals surface area contributed by atoms with E-state index in [4.69, 9.17) is 0 Å². The maximum absolute atomic E-state index is 12.6. The normalized spacial score (nSPS) is 17.7. The summed E-state index contributed by atoms with van der Waals surface area (Å²) in [6, 6.07) is 9.93. The Labute approximate surface area is 161 Å². The molecular formula is C20H28N2O2S2. The first-order valence-corrected chi connectivity index (χ1v) is 11.9. The van der Waals surface area contributed by atoms with Gasteiger partial charge in [0.25, 0.3) is 0 Å². The number of benzene rings is 1. The van der Waals surface area contributed by atoms with Crippen LogP contribution < -0.4 is 4.72 Å². The molecule has 6 heteroatoms. The number of nitrogens with one attached hydrogen (secondary N) is 1. The number of hydrogen-bond donors (Lipinski definition) is 1. The monoisotopic (exact) mass is 392 g/mol. The van der Waals surface area contributed by atoms with Gasteiger partial charge < -0.3 is 0 Å². The Kier molecular flexibility index (Phi) is 6.86. The fraction of sp³-hybridized carbons (Fsp3) is 0.500. The van der Waals surface area contributed by atoms with E-state index in [9.17, 15) is 8.42 Å². The van der Waals surface area contributed by atoms with Crippen molar-refractivity contribution in [3.8, 4) is 0 Å². The second-order valence-electron chi connectivity index (χ2n) is 7.12. The molecule has 2 aromatic rings. The fourth-order valence-electron chi connectivity index (χ4n) is 3.61. The summed E-state index contributed by atoms with van der Waals surface area (Å²) in [5.74, 6) is 0.0328. The van der Waals surface area contributed by atoms with Crippen molar-refractivity contribution in [2.24, 2.45) is 0 Å². The molecule has 0 bridgehead atoms.